The lowest BCUT2D eigenvalue weighted by atomic mass is 10.2. The Labute approximate surface area is 119 Å². The number of halogens is 1. The van der Waals surface area contributed by atoms with E-state index >= 15 is 0 Å². The van der Waals surface area contributed by atoms with E-state index in [1.165, 1.54) is 34.9 Å². The summed E-state index contributed by atoms with van der Waals surface area (Å²) in [6.07, 6.45) is 0.0703. The Morgan fingerprint density at radius 1 is 1.50 bits per heavy atom. The number of carbonyl (C=O) groups is 2. The summed E-state index contributed by atoms with van der Waals surface area (Å²) in [4.78, 5) is 24.2. The van der Waals surface area contributed by atoms with Crippen LogP contribution in [0.5, 0.6) is 5.75 Å². The van der Waals surface area contributed by atoms with Crippen LogP contribution < -0.4 is 4.74 Å². The van der Waals surface area contributed by atoms with Crippen LogP contribution in [0.15, 0.2) is 24.3 Å². The Morgan fingerprint density at radius 2 is 2.30 bits per heavy atom. The predicted octanol–water partition coefficient (Wildman–Crippen LogP) is 1.58. The quantitative estimate of drug-likeness (QED) is 0.894. The van der Waals surface area contributed by atoms with Crippen LogP contribution in [0.4, 0.5) is 4.39 Å². The monoisotopic (exact) mass is 299 g/mol. The molecule has 0 unspecified atom stereocenters. The number of carbonyl (C=O) groups excluding carboxylic acids is 1. The van der Waals surface area contributed by atoms with E-state index in [4.69, 9.17) is 9.84 Å². The van der Waals surface area contributed by atoms with Crippen LogP contribution in [0.3, 0.4) is 0 Å². The molecule has 7 heteroatoms. The molecule has 1 aromatic rings. The van der Waals surface area contributed by atoms with Crippen molar-refractivity contribution in [3.8, 4) is 5.75 Å². The average Bonchev–Trinajstić information content (AvgIpc) is 2.88. The number of hydrogen-bond donors (Lipinski definition) is 1. The van der Waals surface area contributed by atoms with Gasteiger partial charge in [-0.1, -0.05) is 6.07 Å². The molecule has 20 heavy (non-hydrogen) atoms. The first kappa shape index (κ1) is 14.6. The largest absolute Gasteiger partial charge is 0.493 e. The molecule has 1 aliphatic heterocycles. The van der Waals surface area contributed by atoms with Crippen LogP contribution in [0, 0.1) is 5.82 Å². The third-order valence-electron chi connectivity index (χ3n) is 2.87. The minimum absolute atomic E-state index is 0.0703. The first-order valence-corrected chi connectivity index (χ1v) is 7.22. The highest BCUT2D eigenvalue weighted by Crippen LogP contribution is 2.22. The lowest BCUT2D eigenvalue weighted by Gasteiger charge is -2.20. The highest BCUT2D eigenvalue weighted by molar-refractivity contribution is 7.99. The summed E-state index contributed by atoms with van der Waals surface area (Å²) in [5.74, 6) is -0.519. The molecular weight excluding hydrogens is 285 g/mol. The van der Waals surface area contributed by atoms with E-state index in [0.29, 0.717) is 17.4 Å². The number of benzene rings is 1. The molecule has 1 fully saturated rings. The van der Waals surface area contributed by atoms with Gasteiger partial charge in [-0.2, -0.15) is 0 Å². The molecule has 1 saturated heterocycles. The Morgan fingerprint density at radius 3 is 3.00 bits per heavy atom. The number of thioether (sulfide) groups is 1. The van der Waals surface area contributed by atoms with E-state index in [1.807, 2.05) is 0 Å². The molecule has 1 amide bonds. The van der Waals surface area contributed by atoms with Crippen molar-refractivity contribution >= 4 is 23.6 Å². The molecule has 0 aromatic heterocycles. The van der Waals surface area contributed by atoms with Gasteiger partial charge < -0.3 is 14.7 Å². The summed E-state index contributed by atoms with van der Waals surface area (Å²) >= 11 is 1.41. The van der Waals surface area contributed by atoms with Gasteiger partial charge in [-0.15, -0.1) is 11.8 Å². The van der Waals surface area contributed by atoms with Crippen LogP contribution in [-0.2, 0) is 9.59 Å². The van der Waals surface area contributed by atoms with Crippen LogP contribution in [0.1, 0.15) is 6.42 Å². The zero-order valence-corrected chi connectivity index (χ0v) is 11.4. The SMILES string of the molecule is O=C(O)[C@@H]1CSCN1C(=O)CCOc1cccc(F)c1. The average molecular weight is 299 g/mol. The third-order valence-corrected chi connectivity index (χ3v) is 3.88. The lowest BCUT2D eigenvalue weighted by Crippen LogP contribution is -2.42. The molecule has 1 heterocycles. The molecule has 0 saturated carbocycles. The van der Waals surface area contributed by atoms with Gasteiger partial charge in [0.25, 0.3) is 0 Å². The third kappa shape index (κ3) is 3.63. The Balaban J connectivity index is 1.82. The zero-order chi connectivity index (χ0) is 14.5. The standard InChI is InChI=1S/C13H14FNO4S/c14-9-2-1-3-10(6-9)19-5-4-12(16)15-8-20-7-11(15)13(17)18/h1-3,6,11H,4-5,7-8H2,(H,17,18)/t11-/m0/s1. The second-order valence-corrected chi connectivity index (χ2v) is 5.27. The summed E-state index contributed by atoms with van der Waals surface area (Å²) in [6, 6.07) is 4.89. The van der Waals surface area contributed by atoms with Crippen molar-refractivity contribution in [2.24, 2.45) is 0 Å². The van der Waals surface area contributed by atoms with Crippen LogP contribution in [0.25, 0.3) is 0 Å². The normalized spacial score (nSPS) is 18.1. The van der Waals surface area contributed by atoms with Gasteiger partial charge in [0.2, 0.25) is 5.91 Å². The Hall–Kier alpha value is -1.76. The number of nitrogens with zero attached hydrogens (tertiary/aromatic N) is 1. The fourth-order valence-corrected chi connectivity index (χ4v) is 3.02. The van der Waals surface area contributed by atoms with E-state index in [-0.39, 0.29) is 18.9 Å². The molecule has 0 bridgehead atoms. The molecule has 1 aliphatic rings. The lowest BCUT2D eigenvalue weighted by molar-refractivity contribution is -0.147. The van der Waals surface area contributed by atoms with Crippen molar-refractivity contribution in [3.05, 3.63) is 30.1 Å². The van der Waals surface area contributed by atoms with Gasteiger partial charge >= 0.3 is 5.97 Å². The summed E-state index contributed by atoms with van der Waals surface area (Å²) in [6.45, 7) is 0.0930. The number of aliphatic carboxylic acids is 1. The molecule has 1 aromatic carbocycles. The molecule has 2 rings (SSSR count). The molecular formula is C13H14FNO4S. The second-order valence-electron chi connectivity index (χ2n) is 4.27. The van der Waals surface area contributed by atoms with Crippen molar-refractivity contribution in [1.29, 1.82) is 0 Å². The second kappa shape index (κ2) is 6.60. The summed E-state index contributed by atoms with van der Waals surface area (Å²) < 4.78 is 18.2. The summed E-state index contributed by atoms with van der Waals surface area (Å²) in [5.41, 5.74) is 0. The highest BCUT2D eigenvalue weighted by atomic mass is 32.2. The number of rotatable bonds is 5. The summed E-state index contributed by atoms with van der Waals surface area (Å²) in [5, 5.41) is 8.99. The molecule has 5 nitrogen and oxygen atoms in total. The molecule has 0 spiro atoms. The molecule has 0 aliphatic carbocycles. The molecule has 108 valence electrons. The van der Waals surface area contributed by atoms with Gasteiger partial charge in [-0.3, -0.25) is 4.79 Å². The predicted molar refractivity (Wildman–Crippen MR) is 72.1 cm³/mol. The summed E-state index contributed by atoms with van der Waals surface area (Å²) in [7, 11) is 0. The first-order valence-electron chi connectivity index (χ1n) is 6.06. The zero-order valence-electron chi connectivity index (χ0n) is 10.6. The molecule has 0 radical (unpaired) electrons. The van der Waals surface area contributed by atoms with E-state index in [1.54, 1.807) is 6.07 Å². The van der Waals surface area contributed by atoms with E-state index in [2.05, 4.69) is 0 Å². The molecule has 1 atom stereocenters. The van der Waals surface area contributed by atoms with Gasteiger partial charge in [0.05, 0.1) is 18.9 Å². The number of amides is 1. The fourth-order valence-electron chi connectivity index (χ4n) is 1.85. The number of carboxylic acids is 1. The molecule has 1 N–H and O–H groups in total. The van der Waals surface area contributed by atoms with Gasteiger partial charge in [0.15, 0.2) is 0 Å². The first-order chi connectivity index (χ1) is 9.58. The smallest absolute Gasteiger partial charge is 0.327 e. The minimum atomic E-state index is -0.991. The number of hydrogen-bond acceptors (Lipinski definition) is 4. The van der Waals surface area contributed by atoms with E-state index < -0.39 is 17.8 Å². The minimum Gasteiger partial charge on any atom is -0.493 e. The highest BCUT2D eigenvalue weighted by Gasteiger charge is 2.34. The number of ether oxygens (including phenoxy) is 1. The van der Waals surface area contributed by atoms with Gasteiger partial charge in [0.1, 0.15) is 17.6 Å². The van der Waals surface area contributed by atoms with Crippen LogP contribution in [0.2, 0.25) is 0 Å². The van der Waals surface area contributed by atoms with Crippen molar-refractivity contribution in [3.63, 3.8) is 0 Å². The van der Waals surface area contributed by atoms with Crippen LogP contribution >= 0.6 is 11.8 Å². The van der Waals surface area contributed by atoms with Gasteiger partial charge in [-0.25, -0.2) is 9.18 Å². The van der Waals surface area contributed by atoms with E-state index in [0.717, 1.165) is 0 Å². The fraction of sp³-hybridized carbons (Fsp3) is 0.385. The van der Waals surface area contributed by atoms with E-state index in [9.17, 15) is 14.0 Å². The van der Waals surface area contributed by atoms with Crippen molar-refractivity contribution < 1.29 is 23.8 Å². The topological polar surface area (TPSA) is 66.8 Å². The van der Waals surface area contributed by atoms with Crippen molar-refractivity contribution in [2.45, 2.75) is 12.5 Å². The maximum atomic E-state index is 12.9. The van der Waals surface area contributed by atoms with Crippen molar-refractivity contribution in [1.82, 2.24) is 4.90 Å². The number of carboxylic acid groups (broad SMARTS) is 1. The maximum Gasteiger partial charge on any atom is 0.327 e. The van der Waals surface area contributed by atoms with Gasteiger partial charge in [-0.05, 0) is 12.1 Å². The van der Waals surface area contributed by atoms with Gasteiger partial charge in [0, 0.05) is 11.8 Å². The Bertz CT molecular complexity index is 511. The maximum absolute atomic E-state index is 12.9. The van der Waals surface area contributed by atoms with Crippen molar-refractivity contribution in [2.75, 3.05) is 18.2 Å². The Kier molecular flexibility index (Phi) is 4.84. The van der Waals surface area contributed by atoms with Crippen LogP contribution in [-0.4, -0.2) is 46.2 Å².